The van der Waals surface area contributed by atoms with Crippen LogP contribution in [0, 0.1) is 6.92 Å². The Morgan fingerprint density at radius 1 is 1.38 bits per heavy atom. The van der Waals surface area contributed by atoms with Gasteiger partial charge in [-0.15, -0.1) is 11.3 Å². The minimum absolute atomic E-state index is 0.548. The normalized spacial score (nSPS) is 10.4. The molecule has 0 amide bonds. The fraction of sp³-hybridized carbons (Fsp3) is 0.167. The summed E-state index contributed by atoms with van der Waals surface area (Å²) >= 11 is 5.14. The number of nitrogens with two attached hydrogens (primary N) is 1. The van der Waals surface area contributed by atoms with Crippen LogP contribution in [-0.4, -0.2) is 0 Å². The molecule has 2 aromatic rings. The second-order valence-corrected chi connectivity index (χ2v) is 5.32. The highest BCUT2D eigenvalue weighted by molar-refractivity contribution is 9.10. The van der Waals surface area contributed by atoms with Gasteiger partial charge >= 0.3 is 0 Å². The Balaban J connectivity index is 2.11. The van der Waals surface area contributed by atoms with Crippen molar-refractivity contribution in [2.75, 3.05) is 5.73 Å². The SMILES string of the molecule is Cc1cccc(OCc2sccc2Br)c1N. The molecule has 0 atom stereocenters. The zero-order valence-electron chi connectivity index (χ0n) is 8.87. The maximum atomic E-state index is 5.93. The Kier molecular flexibility index (Phi) is 3.51. The van der Waals surface area contributed by atoms with Gasteiger partial charge in [-0.05, 0) is 45.9 Å². The van der Waals surface area contributed by atoms with E-state index in [4.69, 9.17) is 10.5 Å². The van der Waals surface area contributed by atoms with Crippen LogP contribution in [-0.2, 0) is 6.61 Å². The second-order valence-electron chi connectivity index (χ2n) is 3.47. The predicted octanol–water partition coefficient (Wildman–Crippen LogP) is 3.98. The van der Waals surface area contributed by atoms with E-state index in [1.165, 1.54) is 4.88 Å². The third kappa shape index (κ3) is 2.39. The molecule has 0 saturated heterocycles. The van der Waals surface area contributed by atoms with Gasteiger partial charge in [-0.25, -0.2) is 0 Å². The van der Waals surface area contributed by atoms with Gasteiger partial charge in [-0.3, -0.25) is 0 Å². The van der Waals surface area contributed by atoms with Crippen molar-refractivity contribution in [2.24, 2.45) is 0 Å². The van der Waals surface area contributed by atoms with Gasteiger partial charge in [-0.2, -0.15) is 0 Å². The number of ether oxygens (including phenoxy) is 1. The van der Waals surface area contributed by atoms with Crippen molar-refractivity contribution < 1.29 is 4.74 Å². The maximum Gasteiger partial charge on any atom is 0.143 e. The fourth-order valence-electron chi connectivity index (χ4n) is 1.35. The van der Waals surface area contributed by atoms with Gasteiger partial charge in [0.25, 0.3) is 0 Å². The molecule has 1 aromatic heterocycles. The number of hydrogen-bond donors (Lipinski definition) is 1. The molecule has 0 aliphatic heterocycles. The number of hydrogen-bond acceptors (Lipinski definition) is 3. The average Bonchev–Trinajstić information content (AvgIpc) is 2.67. The van der Waals surface area contributed by atoms with E-state index in [-0.39, 0.29) is 0 Å². The number of anilines is 1. The van der Waals surface area contributed by atoms with Crippen LogP contribution < -0.4 is 10.5 Å². The van der Waals surface area contributed by atoms with Gasteiger partial charge in [-0.1, -0.05) is 12.1 Å². The summed E-state index contributed by atoms with van der Waals surface area (Å²) in [5, 5.41) is 2.03. The van der Waals surface area contributed by atoms with E-state index in [1.54, 1.807) is 11.3 Å². The van der Waals surface area contributed by atoms with Crippen LogP contribution in [0.5, 0.6) is 5.75 Å². The summed E-state index contributed by atoms with van der Waals surface area (Å²) in [7, 11) is 0. The van der Waals surface area contributed by atoms with Crippen LogP contribution >= 0.6 is 27.3 Å². The average molecular weight is 298 g/mol. The topological polar surface area (TPSA) is 35.2 Å². The number of aryl methyl sites for hydroxylation is 1. The van der Waals surface area contributed by atoms with E-state index in [0.29, 0.717) is 6.61 Å². The van der Waals surface area contributed by atoms with E-state index in [2.05, 4.69) is 15.9 Å². The summed E-state index contributed by atoms with van der Waals surface area (Å²) in [6.07, 6.45) is 0. The van der Waals surface area contributed by atoms with Crippen molar-refractivity contribution in [3.8, 4) is 5.75 Å². The quantitative estimate of drug-likeness (QED) is 0.870. The summed E-state index contributed by atoms with van der Waals surface area (Å²) in [6, 6.07) is 7.83. The van der Waals surface area contributed by atoms with Gasteiger partial charge in [0, 0.05) is 4.47 Å². The Bertz CT molecular complexity index is 496. The summed E-state index contributed by atoms with van der Waals surface area (Å²) in [5.41, 5.74) is 7.69. The van der Waals surface area contributed by atoms with Crippen molar-refractivity contribution in [1.82, 2.24) is 0 Å². The van der Waals surface area contributed by atoms with E-state index >= 15 is 0 Å². The van der Waals surface area contributed by atoms with Crippen molar-refractivity contribution in [3.05, 3.63) is 44.6 Å². The largest absolute Gasteiger partial charge is 0.486 e. The lowest BCUT2D eigenvalue weighted by atomic mass is 10.2. The Hall–Kier alpha value is -1.00. The standard InChI is InChI=1S/C12H12BrNOS/c1-8-3-2-4-10(12(8)14)15-7-11-9(13)5-6-16-11/h2-6H,7,14H2,1H3. The first-order valence-electron chi connectivity index (χ1n) is 4.88. The molecule has 16 heavy (non-hydrogen) atoms. The van der Waals surface area contributed by atoms with Crippen LogP contribution in [0.15, 0.2) is 34.1 Å². The van der Waals surface area contributed by atoms with Gasteiger partial charge in [0.15, 0.2) is 0 Å². The van der Waals surface area contributed by atoms with Crippen molar-refractivity contribution in [2.45, 2.75) is 13.5 Å². The molecule has 0 saturated carbocycles. The van der Waals surface area contributed by atoms with Crippen LogP contribution in [0.2, 0.25) is 0 Å². The van der Waals surface area contributed by atoms with E-state index in [9.17, 15) is 0 Å². The molecule has 1 aromatic carbocycles. The molecule has 0 aliphatic rings. The summed E-state index contributed by atoms with van der Waals surface area (Å²) in [6.45, 7) is 2.52. The van der Waals surface area contributed by atoms with Crippen LogP contribution in [0.3, 0.4) is 0 Å². The smallest absolute Gasteiger partial charge is 0.143 e. The number of thiophene rings is 1. The molecule has 0 radical (unpaired) electrons. The van der Waals surface area contributed by atoms with E-state index in [1.807, 2.05) is 36.6 Å². The molecular weight excluding hydrogens is 286 g/mol. The number of rotatable bonds is 3. The van der Waals surface area contributed by atoms with Crippen molar-refractivity contribution in [1.29, 1.82) is 0 Å². The van der Waals surface area contributed by atoms with Crippen LogP contribution in [0.25, 0.3) is 0 Å². The minimum atomic E-state index is 0.548. The fourth-order valence-corrected chi connectivity index (χ4v) is 2.73. The predicted molar refractivity (Wildman–Crippen MR) is 71.9 cm³/mol. The Morgan fingerprint density at radius 2 is 2.19 bits per heavy atom. The van der Waals surface area contributed by atoms with Crippen LogP contribution in [0.1, 0.15) is 10.4 Å². The molecule has 2 N–H and O–H groups in total. The lowest BCUT2D eigenvalue weighted by Gasteiger charge is -2.09. The first-order chi connectivity index (χ1) is 7.68. The molecule has 2 nitrogen and oxygen atoms in total. The van der Waals surface area contributed by atoms with Gasteiger partial charge in [0.1, 0.15) is 12.4 Å². The molecule has 2 rings (SSSR count). The number of para-hydroxylation sites is 1. The minimum Gasteiger partial charge on any atom is -0.486 e. The molecule has 4 heteroatoms. The lowest BCUT2D eigenvalue weighted by molar-refractivity contribution is 0.311. The molecule has 0 unspecified atom stereocenters. The Morgan fingerprint density at radius 3 is 2.88 bits per heavy atom. The summed E-state index contributed by atoms with van der Waals surface area (Å²) in [5.74, 6) is 0.750. The third-order valence-corrected chi connectivity index (χ3v) is 4.23. The third-order valence-electron chi connectivity index (χ3n) is 2.33. The molecule has 0 bridgehead atoms. The molecule has 1 heterocycles. The Labute approximate surface area is 107 Å². The van der Waals surface area contributed by atoms with Gasteiger partial charge < -0.3 is 10.5 Å². The molecule has 84 valence electrons. The summed E-state index contributed by atoms with van der Waals surface area (Å²) in [4.78, 5) is 1.17. The second kappa shape index (κ2) is 4.89. The molecular formula is C12H12BrNOS. The first-order valence-corrected chi connectivity index (χ1v) is 6.55. The molecule has 0 spiro atoms. The maximum absolute atomic E-state index is 5.93. The highest BCUT2D eigenvalue weighted by Crippen LogP contribution is 2.28. The van der Waals surface area contributed by atoms with Gasteiger partial charge in [0.2, 0.25) is 0 Å². The zero-order chi connectivity index (χ0) is 11.5. The zero-order valence-corrected chi connectivity index (χ0v) is 11.3. The van der Waals surface area contributed by atoms with Crippen molar-refractivity contribution >= 4 is 33.0 Å². The highest BCUT2D eigenvalue weighted by atomic mass is 79.9. The first kappa shape index (κ1) is 11.5. The van der Waals surface area contributed by atoms with E-state index < -0.39 is 0 Å². The highest BCUT2D eigenvalue weighted by Gasteiger charge is 2.05. The van der Waals surface area contributed by atoms with Crippen LogP contribution in [0.4, 0.5) is 5.69 Å². The van der Waals surface area contributed by atoms with Crippen molar-refractivity contribution in [3.63, 3.8) is 0 Å². The van der Waals surface area contributed by atoms with E-state index in [0.717, 1.165) is 21.5 Å². The number of halogens is 1. The van der Waals surface area contributed by atoms with Gasteiger partial charge in [0.05, 0.1) is 10.6 Å². The summed E-state index contributed by atoms with van der Waals surface area (Å²) < 4.78 is 6.79. The number of nitrogen functional groups attached to an aromatic ring is 1. The number of benzene rings is 1. The molecule has 0 fully saturated rings. The molecule has 0 aliphatic carbocycles. The lowest BCUT2D eigenvalue weighted by Crippen LogP contribution is -1.99. The monoisotopic (exact) mass is 297 g/mol.